The smallest absolute Gasteiger partial charge is 0.460 e. The lowest BCUT2D eigenvalue weighted by Crippen LogP contribution is -2.55. The lowest BCUT2D eigenvalue weighted by atomic mass is 10.1. The molecule has 0 unspecified atom stereocenters. The molecule has 1 aromatic rings. The normalized spacial score (nSPS) is 13.1. The number of hydrogen-bond donors (Lipinski definition) is 2. The predicted octanol–water partition coefficient (Wildman–Crippen LogP) is 3.30. The molecule has 1 amide bonds. The topological polar surface area (TPSA) is 67.4 Å². The molecule has 0 atom stereocenters. The Morgan fingerprint density at radius 1 is 1.04 bits per heavy atom. The molecule has 0 heterocycles. The van der Waals surface area contributed by atoms with Crippen LogP contribution in [0.5, 0.6) is 5.75 Å². The van der Waals surface area contributed by atoms with Gasteiger partial charge in [-0.05, 0) is 25.5 Å². The van der Waals surface area contributed by atoms with Crippen molar-refractivity contribution in [3.8, 4) is 5.75 Å². The van der Waals surface area contributed by atoms with Gasteiger partial charge in [-0.2, -0.15) is 30.7 Å². The number of nitrogens with one attached hydrogen (secondary N) is 2. The summed E-state index contributed by atoms with van der Waals surface area (Å²) >= 11 is 0. The lowest BCUT2D eigenvalue weighted by Gasteiger charge is -2.26. The van der Waals surface area contributed by atoms with Crippen molar-refractivity contribution in [2.24, 2.45) is 0 Å². The Morgan fingerprint density at radius 2 is 1.61 bits per heavy atom. The highest BCUT2D eigenvalue weighted by atomic mass is 19.4. The molecule has 5 nitrogen and oxygen atoms in total. The molecule has 0 saturated heterocycles. The van der Waals surface area contributed by atoms with Crippen molar-refractivity contribution in [1.82, 2.24) is 10.9 Å². The van der Waals surface area contributed by atoms with Crippen molar-refractivity contribution >= 4 is 11.7 Å². The van der Waals surface area contributed by atoms with E-state index in [2.05, 4.69) is 0 Å². The van der Waals surface area contributed by atoms with Crippen LogP contribution in [-0.4, -0.2) is 36.3 Å². The molecule has 12 heteroatoms. The van der Waals surface area contributed by atoms with Crippen LogP contribution in [0.3, 0.4) is 0 Å². The SMILES string of the molecule is C/C(=C\C(=O)C(F)(F)C(F)(F)C(F)(F)F)NNC(=O)COc1ccccc1C. The molecule has 156 valence electrons. The van der Waals surface area contributed by atoms with Gasteiger partial charge in [-0.1, -0.05) is 18.2 Å². The average Bonchev–Trinajstić information content (AvgIpc) is 2.58. The summed E-state index contributed by atoms with van der Waals surface area (Å²) in [7, 11) is 0. The van der Waals surface area contributed by atoms with E-state index < -0.39 is 42.0 Å². The standard InChI is InChI=1S/C16H15F7N2O3/c1-9-5-3-4-6-11(9)28-8-13(27)25-24-10(2)7-12(26)14(17,18)15(19,20)16(21,22)23/h3-7,24H,8H2,1-2H3,(H,25,27)/b10-7+. The number of ether oxygens (including phenoxy) is 1. The van der Waals surface area contributed by atoms with Crippen LogP contribution in [0.25, 0.3) is 0 Å². The maximum atomic E-state index is 13.2. The number of allylic oxidation sites excluding steroid dienone is 2. The van der Waals surface area contributed by atoms with Gasteiger partial charge in [0, 0.05) is 11.8 Å². The number of hydrogen-bond acceptors (Lipinski definition) is 4. The Labute approximate surface area is 154 Å². The summed E-state index contributed by atoms with van der Waals surface area (Å²) in [5.41, 5.74) is 3.95. The van der Waals surface area contributed by atoms with Gasteiger partial charge in [-0.25, -0.2) is 0 Å². The van der Waals surface area contributed by atoms with Crippen molar-refractivity contribution in [3.63, 3.8) is 0 Å². The number of aryl methyl sites for hydroxylation is 1. The molecule has 0 saturated carbocycles. The molecule has 28 heavy (non-hydrogen) atoms. The number of benzene rings is 1. The van der Waals surface area contributed by atoms with E-state index in [1.165, 1.54) is 0 Å². The Bertz CT molecular complexity index is 761. The van der Waals surface area contributed by atoms with E-state index in [-0.39, 0.29) is 6.08 Å². The van der Waals surface area contributed by atoms with Crippen molar-refractivity contribution in [2.45, 2.75) is 31.9 Å². The maximum absolute atomic E-state index is 13.2. The lowest BCUT2D eigenvalue weighted by molar-refractivity contribution is -0.342. The van der Waals surface area contributed by atoms with Crippen LogP contribution in [0.15, 0.2) is 36.0 Å². The van der Waals surface area contributed by atoms with E-state index in [0.717, 1.165) is 12.5 Å². The molecule has 0 aliphatic rings. The van der Waals surface area contributed by atoms with Gasteiger partial charge >= 0.3 is 18.0 Å². The van der Waals surface area contributed by atoms with Crippen LogP contribution >= 0.6 is 0 Å². The molecule has 1 aromatic carbocycles. The third-order valence-electron chi connectivity index (χ3n) is 3.26. The first-order valence-electron chi connectivity index (χ1n) is 7.48. The summed E-state index contributed by atoms with van der Waals surface area (Å²) in [4.78, 5) is 22.8. The van der Waals surface area contributed by atoms with E-state index in [4.69, 9.17) is 4.74 Å². The van der Waals surface area contributed by atoms with Gasteiger partial charge in [0.2, 0.25) is 5.78 Å². The second-order valence-corrected chi connectivity index (χ2v) is 5.57. The van der Waals surface area contributed by atoms with Gasteiger partial charge in [0.1, 0.15) is 5.75 Å². The quantitative estimate of drug-likeness (QED) is 0.388. The van der Waals surface area contributed by atoms with E-state index >= 15 is 0 Å². The zero-order valence-electron chi connectivity index (χ0n) is 14.5. The summed E-state index contributed by atoms with van der Waals surface area (Å²) < 4.78 is 93.3. The third-order valence-corrected chi connectivity index (χ3v) is 3.26. The molecule has 0 bridgehead atoms. The van der Waals surface area contributed by atoms with E-state index in [1.807, 2.05) is 10.9 Å². The molecule has 0 radical (unpaired) electrons. The Hall–Kier alpha value is -2.79. The highest BCUT2D eigenvalue weighted by molar-refractivity contribution is 5.97. The van der Waals surface area contributed by atoms with Crippen LogP contribution in [-0.2, 0) is 9.59 Å². The Kier molecular flexibility index (Phi) is 7.04. The van der Waals surface area contributed by atoms with Gasteiger partial charge in [0.05, 0.1) is 0 Å². The van der Waals surface area contributed by atoms with Crippen LogP contribution < -0.4 is 15.6 Å². The van der Waals surface area contributed by atoms with Crippen LogP contribution in [0.2, 0.25) is 0 Å². The number of carbonyl (C=O) groups is 2. The highest BCUT2D eigenvalue weighted by Crippen LogP contribution is 2.47. The molecule has 1 rings (SSSR count). The molecule has 0 aliphatic heterocycles. The minimum Gasteiger partial charge on any atom is -0.483 e. The van der Waals surface area contributed by atoms with Gasteiger partial charge in [0.25, 0.3) is 5.91 Å². The van der Waals surface area contributed by atoms with Crippen LogP contribution in [0, 0.1) is 6.92 Å². The fourth-order valence-electron chi connectivity index (χ4n) is 1.72. The molecular formula is C16H15F7N2O3. The summed E-state index contributed by atoms with van der Waals surface area (Å²) in [5, 5.41) is 0. The highest BCUT2D eigenvalue weighted by Gasteiger charge is 2.75. The minimum atomic E-state index is -6.62. The number of amides is 1. The molecule has 0 spiro atoms. The van der Waals surface area contributed by atoms with Crippen molar-refractivity contribution in [3.05, 3.63) is 41.6 Å². The first-order valence-corrected chi connectivity index (χ1v) is 7.48. The van der Waals surface area contributed by atoms with Crippen molar-refractivity contribution in [1.29, 1.82) is 0 Å². The monoisotopic (exact) mass is 416 g/mol. The first kappa shape index (κ1) is 23.2. The van der Waals surface area contributed by atoms with E-state index in [1.54, 1.807) is 31.2 Å². The summed E-state index contributed by atoms with van der Waals surface area (Å²) in [6, 6.07) is 6.66. The second-order valence-electron chi connectivity index (χ2n) is 5.57. The Balaban J connectivity index is 2.65. The summed E-state index contributed by atoms with van der Waals surface area (Å²) in [6.07, 6.45) is -6.80. The zero-order chi connectivity index (χ0) is 21.8. The van der Waals surface area contributed by atoms with Gasteiger partial charge in [0.15, 0.2) is 6.61 Å². The number of rotatable bonds is 8. The van der Waals surface area contributed by atoms with Gasteiger partial charge in [-0.3, -0.25) is 15.0 Å². The number of para-hydroxylation sites is 1. The second kappa shape index (κ2) is 8.48. The minimum absolute atomic E-state index is 0.178. The molecule has 0 aromatic heterocycles. The predicted molar refractivity (Wildman–Crippen MR) is 82.7 cm³/mol. The summed E-state index contributed by atoms with van der Waals surface area (Å²) in [5.74, 6) is -15.8. The molecular weight excluding hydrogens is 401 g/mol. The van der Waals surface area contributed by atoms with Gasteiger partial charge in [-0.15, -0.1) is 0 Å². The van der Waals surface area contributed by atoms with E-state index in [0.29, 0.717) is 5.75 Å². The fourth-order valence-corrected chi connectivity index (χ4v) is 1.72. The largest absolute Gasteiger partial charge is 0.483 e. The fraction of sp³-hybridized carbons (Fsp3) is 0.375. The number of carbonyl (C=O) groups excluding carboxylic acids is 2. The van der Waals surface area contributed by atoms with E-state index in [9.17, 15) is 40.3 Å². The van der Waals surface area contributed by atoms with Crippen molar-refractivity contribution in [2.75, 3.05) is 6.61 Å². The third kappa shape index (κ3) is 5.36. The van der Waals surface area contributed by atoms with Gasteiger partial charge < -0.3 is 10.2 Å². The number of ketones is 1. The molecule has 0 aliphatic carbocycles. The zero-order valence-corrected chi connectivity index (χ0v) is 14.5. The van der Waals surface area contributed by atoms with Crippen LogP contribution in [0.4, 0.5) is 30.7 Å². The van der Waals surface area contributed by atoms with Crippen LogP contribution in [0.1, 0.15) is 12.5 Å². The number of alkyl halides is 7. The van der Waals surface area contributed by atoms with Crippen molar-refractivity contribution < 1.29 is 45.1 Å². The Morgan fingerprint density at radius 3 is 2.14 bits per heavy atom. The number of hydrazine groups is 1. The molecule has 0 fully saturated rings. The first-order chi connectivity index (χ1) is 12.7. The average molecular weight is 416 g/mol. The maximum Gasteiger partial charge on any atom is 0.460 e. The molecule has 2 N–H and O–H groups in total. The summed E-state index contributed by atoms with van der Waals surface area (Å²) in [6.45, 7) is 2.07. The number of halogens is 7.